The van der Waals surface area contributed by atoms with Crippen LogP contribution in [0.5, 0.6) is 5.75 Å². The second-order valence-electron chi connectivity index (χ2n) is 5.99. The third-order valence-corrected chi connectivity index (χ3v) is 4.45. The van der Waals surface area contributed by atoms with E-state index in [1.165, 1.54) is 0 Å². The Morgan fingerprint density at radius 3 is 2.88 bits per heavy atom. The lowest BCUT2D eigenvalue weighted by Gasteiger charge is -2.08. The molecule has 0 spiro atoms. The number of pyridine rings is 2. The van der Waals surface area contributed by atoms with E-state index in [-0.39, 0.29) is 0 Å². The molecule has 0 unspecified atom stereocenters. The smallest absolute Gasteiger partial charge is 0.139 e. The second kappa shape index (κ2) is 5.70. The molecule has 1 aliphatic heterocycles. The minimum Gasteiger partial charge on any atom is -0.497 e. The Balaban J connectivity index is 1.77. The molecule has 0 bridgehead atoms. The summed E-state index contributed by atoms with van der Waals surface area (Å²) in [5.74, 6) is 2.35. The number of aromatic nitrogens is 4. The average molecular weight is 341 g/mol. The minimum absolute atomic E-state index is 0.768. The molecule has 0 atom stereocenters. The molecule has 0 fully saturated rings. The van der Waals surface area contributed by atoms with Gasteiger partial charge in [0.2, 0.25) is 0 Å². The number of methoxy groups -OCH3 is 1. The molecule has 1 aliphatic rings. The fourth-order valence-corrected chi connectivity index (χ4v) is 3.21. The van der Waals surface area contributed by atoms with Crippen molar-refractivity contribution in [3.63, 3.8) is 0 Å². The van der Waals surface area contributed by atoms with Gasteiger partial charge in [0, 0.05) is 29.1 Å². The fourth-order valence-electron chi connectivity index (χ4n) is 3.21. The SMILES string of the molecule is COc1cccc(-c2nc3c([nH]2)-c2ccncc2Nc2ncccc2-3)c1. The van der Waals surface area contributed by atoms with Gasteiger partial charge in [0.1, 0.15) is 23.1 Å². The first-order chi connectivity index (χ1) is 12.8. The third kappa shape index (κ3) is 2.23. The van der Waals surface area contributed by atoms with Crippen LogP contribution in [0, 0.1) is 0 Å². The highest BCUT2D eigenvalue weighted by Crippen LogP contribution is 2.42. The van der Waals surface area contributed by atoms with Crippen LogP contribution in [0.1, 0.15) is 0 Å². The van der Waals surface area contributed by atoms with Crippen LogP contribution in [0.4, 0.5) is 11.5 Å². The quantitative estimate of drug-likeness (QED) is 0.501. The van der Waals surface area contributed by atoms with Crippen molar-refractivity contribution in [3.05, 3.63) is 61.1 Å². The normalized spacial score (nSPS) is 11.6. The zero-order chi connectivity index (χ0) is 17.5. The van der Waals surface area contributed by atoms with Gasteiger partial charge in [-0.1, -0.05) is 12.1 Å². The van der Waals surface area contributed by atoms with E-state index in [2.05, 4.69) is 20.3 Å². The molecule has 4 heterocycles. The number of aromatic amines is 1. The Labute approximate surface area is 149 Å². The van der Waals surface area contributed by atoms with Crippen LogP contribution in [-0.4, -0.2) is 27.0 Å². The van der Waals surface area contributed by atoms with Gasteiger partial charge in [0.15, 0.2) is 0 Å². The summed E-state index contributed by atoms with van der Waals surface area (Å²) >= 11 is 0. The zero-order valence-electron chi connectivity index (χ0n) is 14.0. The Kier molecular flexibility index (Phi) is 3.21. The number of nitrogens with zero attached hydrogens (tertiary/aromatic N) is 3. The Morgan fingerprint density at radius 1 is 1.00 bits per heavy atom. The molecule has 3 aromatic heterocycles. The van der Waals surface area contributed by atoms with Gasteiger partial charge in [-0.25, -0.2) is 9.97 Å². The Bertz CT molecular complexity index is 1060. The molecular weight excluding hydrogens is 326 g/mol. The lowest BCUT2D eigenvalue weighted by atomic mass is 10.1. The maximum absolute atomic E-state index is 5.34. The van der Waals surface area contributed by atoms with Gasteiger partial charge in [-0.2, -0.15) is 0 Å². The number of ether oxygens (including phenoxy) is 1. The summed E-state index contributed by atoms with van der Waals surface area (Å²) in [6.45, 7) is 0. The molecule has 6 heteroatoms. The molecule has 5 rings (SSSR count). The third-order valence-electron chi connectivity index (χ3n) is 4.45. The van der Waals surface area contributed by atoms with E-state index in [4.69, 9.17) is 9.72 Å². The first-order valence-electron chi connectivity index (χ1n) is 8.25. The van der Waals surface area contributed by atoms with Crippen molar-refractivity contribution in [1.82, 2.24) is 19.9 Å². The summed E-state index contributed by atoms with van der Waals surface area (Å²) in [6, 6.07) is 13.8. The molecule has 26 heavy (non-hydrogen) atoms. The van der Waals surface area contributed by atoms with E-state index in [0.29, 0.717) is 0 Å². The number of H-pyrrole nitrogens is 1. The molecule has 0 saturated heterocycles. The van der Waals surface area contributed by atoms with Crippen molar-refractivity contribution in [1.29, 1.82) is 0 Å². The molecule has 0 radical (unpaired) electrons. The highest BCUT2D eigenvalue weighted by Gasteiger charge is 2.24. The molecule has 0 saturated carbocycles. The van der Waals surface area contributed by atoms with Crippen LogP contribution in [0.15, 0.2) is 61.1 Å². The van der Waals surface area contributed by atoms with E-state index in [0.717, 1.165) is 51.2 Å². The van der Waals surface area contributed by atoms with Crippen LogP contribution < -0.4 is 10.1 Å². The fraction of sp³-hybridized carbons (Fsp3) is 0.0500. The molecule has 126 valence electrons. The number of rotatable bonds is 2. The van der Waals surface area contributed by atoms with Crippen LogP contribution in [-0.2, 0) is 0 Å². The van der Waals surface area contributed by atoms with Crippen molar-refractivity contribution in [2.24, 2.45) is 0 Å². The summed E-state index contributed by atoms with van der Waals surface area (Å²) in [7, 11) is 1.66. The topological polar surface area (TPSA) is 75.7 Å². The molecule has 1 aromatic carbocycles. The number of benzene rings is 1. The number of fused-ring (bicyclic) bond motifs is 5. The van der Waals surface area contributed by atoms with Crippen LogP contribution >= 0.6 is 0 Å². The van der Waals surface area contributed by atoms with E-state index < -0.39 is 0 Å². The van der Waals surface area contributed by atoms with Crippen molar-refractivity contribution in [2.75, 3.05) is 12.4 Å². The highest BCUT2D eigenvalue weighted by molar-refractivity contribution is 5.95. The number of hydrogen-bond acceptors (Lipinski definition) is 5. The van der Waals surface area contributed by atoms with Gasteiger partial charge in [-0.3, -0.25) is 4.98 Å². The Morgan fingerprint density at radius 2 is 1.96 bits per heavy atom. The number of imidazole rings is 1. The predicted octanol–water partition coefficient (Wildman–Crippen LogP) is 4.27. The molecule has 0 amide bonds. The standard InChI is InChI=1S/C20H15N5O/c1-26-13-5-2-4-12(10-13)19-24-17-14-7-9-21-11-16(14)23-20-15(18(17)25-19)6-3-8-22-20/h2-11H,1H3,(H,22,23)(H,24,25). The molecule has 2 N–H and O–H groups in total. The number of hydrogen-bond donors (Lipinski definition) is 2. The molecule has 6 nitrogen and oxygen atoms in total. The first kappa shape index (κ1) is 14.7. The molecule has 4 aromatic rings. The summed E-state index contributed by atoms with van der Waals surface area (Å²) < 4.78 is 5.34. The minimum atomic E-state index is 0.768. The Hall–Kier alpha value is -3.67. The lowest BCUT2D eigenvalue weighted by molar-refractivity contribution is 0.415. The predicted molar refractivity (Wildman–Crippen MR) is 100 cm³/mol. The van der Waals surface area contributed by atoms with Gasteiger partial charge in [-0.15, -0.1) is 0 Å². The number of nitrogens with one attached hydrogen (secondary N) is 2. The van der Waals surface area contributed by atoms with E-state index in [1.807, 2.05) is 42.5 Å². The summed E-state index contributed by atoms with van der Waals surface area (Å²) in [6.07, 6.45) is 5.34. The van der Waals surface area contributed by atoms with Crippen molar-refractivity contribution >= 4 is 11.5 Å². The highest BCUT2D eigenvalue weighted by atomic mass is 16.5. The van der Waals surface area contributed by atoms with Crippen molar-refractivity contribution < 1.29 is 4.74 Å². The van der Waals surface area contributed by atoms with E-state index in [9.17, 15) is 0 Å². The first-order valence-corrected chi connectivity index (χ1v) is 8.25. The monoisotopic (exact) mass is 341 g/mol. The van der Waals surface area contributed by atoms with Gasteiger partial charge >= 0.3 is 0 Å². The maximum atomic E-state index is 5.34. The van der Waals surface area contributed by atoms with Crippen molar-refractivity contribution in [2.45, 2.75) is 0 Å². The average Bonchev–Trinajstić information content (AvgIpc) is 3.09. The van der Waals surface area contributed by atoms with E-state index >= 15 is 0 Å². The molecule has 0 aliphatic carbocycles. The summed E-state index contributed by atoms with van der Waals surface area (Å²) in [4.78, 5) is 17.1. The van der Waals surface area contributed by atoms with Crippen molar-refractivity contribution in [3.8, 4) is 39.7 Å². The maximum Gasteiger partial charge on any atom is 0.139 e. The van der Waals surface area contributed by atoms with Crippen LogP contribution in [0.2, 0.25) is 0 Å². The van der Waals surface area contributed by atoms with Crippen LogP contribution in [0.3, 0.4) is 0 Å². The van der Waals surface area contributed by atoms with Gasteiger partial charge in [-0.05, 0) is 30.3 Å². The summed E-state index contributed by atoms with van der Waals surface area (Å²) in [5.41, 5.74) is 5.63. The van der Waals surface area contributed by atoms with E-state index in [1.54, 1.807) is 25.7 Å². The van der Waals surface area contributed by atoms with Gasteiger partial charge in [0.05, 0.1) is 24.7 Å². The lowest BCUT2D eigenvalue weighted by Crippen LogP contribution is -1.95. The van der Waals surface area contributed by atoms with Crippen LogP contribution in [0.25, 0.3) is 33.9 Å². The molecular formula is C20H15N5O. The summed E-state index contributed by atoms with van der Waals surface area (Å²) in [5, 5.41) is 3.36. The number of anilines is 2. The second-order valence-corrected chi connectivity index (χ2v) is 5.99. The van der Waals surface area contributed by atoms with Gasteiger partial charge < -0.3 is 15.0 Å². The zero-order valence-corrected chi connectivity index (χ0v) is 14.0. The largest absolute Gasteiger partial charge is 0.497 e. The van der Waals surface area contributed by atoms with Gasteiger partial charge in [0.25, 0.3) is 0 Å².